The summed E-state index contributed by atoms with van der Waals surface area (Å²) in [6.45, 7) is 0. The van der Waals surface area contributed by atoms with Gasteiger partial charge in [-0.3, -0.25) is 9.59 Å². The van der Waals surface area contributed by atoms with Crippen LogP contribution >= 0.6 is 0 Å². The van der Waals surface area contributed by atoms with Gasteiger partial charge in [0, 0.05) is 23.1 Å². The lowest BCUT2D eigenvalue weighted by molar-refractivity contribution is -0.135. The van der Waals surface area contributed by atoms with Crippen molar-refractivity contribution >= 4 is 17.8 Å². The maximum absolute atomic E-state index is 13.4. The third-order valence-electron chi connectivity index (χ3n) is 6.61. The van der Waals surface area contributed by atoms with Crippen molar-refractivity contribution in [1.29, 1.82) is 0 Å². The zero-order valence-electron chi connectivity index (χ0n) is 21.6. The third kappa shape index (κ3) is 4.15. The molecule has 0 spiro atoms. The summed E-state index contributed by atoms with van der Waals surface area (Å²) >= 11 is 0. The van der Waals surface area contributed by atoms with Gasteiger partial charge in [0.05, 0.1) is 47.5 Å². The highest BCUT2D eigenvalue weighted by Gasteiger charge is 2.39. The lowest BCUT2D eigenvalue weighted by atomic mass is 9.84. The van der Waals surface area contributed by atoms with Gasteiger partial charge in [0.25, 0.3) is 0 Å². The summed E-state index contributed by atoms with van der Waals surface area (Å²) in [6, 6.07) is 12.1. The van der Waals surface area contributed by atoms with Crippen LogP contribution in [0.4, 0.5) is 0 Å². The number of carbonyl (C=O) groups excluding carboxylic acids is 2. The summed E-state index contributed by atoms with van der Waals surface area (Å²) in [4.78, 5) is 25.9. The second-order valence-corrected chi connectivity index (χ2v) is 8.59. The fourth-order valence-electron chi connectivity index (χ4n) is 4.77. The van der Waals surface area contributed by atoms with E-state index >= 15 is 0 Å². The van der Waals surface area contributed by atoms with Gasteiger partial charge in [0.15, 0.2) is 28.8 Å². The molecule has 0 saturated heterocycles. The molecule has 5 rings (SSSR count). The Hall–Kier alpha value is -4.66. The number of allylic oxidation sites excluding steroid dienone is 1. The highest BCUT2D eigenvalue weighted by molar-refractivity contribution is 6.15. The predicted octanol–water partition coefficient (Wildman–Crippen LogP) is 4.79. The largest absolute Gasteiger partial charge is 0.496 e. The Balaban J connectivity index is 1.60. The van der Waals surface area contributed by atoms with E-state index in [1.165, 1.54) is 21.3 Å². The van der Waals surface area contributed by atoms with Crippen molar-refractivity contribution in [2.45, 2.75) is 12.3 Å². The van der Waals surface area contributed by atoms with Gasteiger partial charge in [-0.05, 0) is 42.0 Å². The number of rotatable bonds is 7. The van der Waals surface area contributed by atoms with Crippen LogP contribution in [-0.4, -0.2) is 47.3 Å². The van der Waals surface area contributed by atoms with Crippen LogP contribution < -0.4 is 33.2 Å². The Bertz CT molecular complexity index is 1470. The molecule has 0 aromatic heterocycles. The molecule has 2 aliphatic heterocycles. The first-order valence-electron chi connectivity index (χ1n) is 11.8. The van der Waals surface area contributed by atoms with E-state index in [0.29, 0.717) is 56.9 Å². The quantitative estimate of drug-likeness (QED) is 0.248. The number of fused-ring (bicyclic) bond motifs is 3. The molecule has 0 amide bonds. The van der Waals surface area contributed by atoms with Crippen LogP contribution in [0.2, 0.25) is 0 Å². The van der Waals surface area contributed by atoms with Crippen LogP contribution in [0, 0.1) is 0 Å². The minimum Gasteiger partial charge on any atom is -0.496 e. The van der Waals surface area contributed by atoms with Gasteiger partial charge in [-0.1, -0.05) is 6.07 Å². The van der Waals surface area contributed by atoms with Crippen molar-refractivity contribution in [3.05, 3.63) is 70.5 Å². The number of methoxy groups -OCH3 is 5. The van der Waals surface area contributed by atoms with Crippen molar-refractivity contribution in [2.75, 3.05) is 35.5 Å². The molecular formula is C29H26O9. The van der Waals surface area contributed by atoms with Crippen LogP contribution in [0.1, 0.15) is 39.4 Å². The standard InChI is InChI=1S/C29H26O9/c1-32-19-8-6-15(10-22(19)34-3)18-13-26(30)37-20-9-7-17-28(31)25(38-29(17)27(18)20)12-16-11-23(35-4)24(36-5)14-21(16)33-2/h6-12,14,18H,13H2,1-5H3/b25-12-. The second-order valence-electron chi connectivity index (χ2n) is 8.59. The van der Waals surface area contributed by atoms with E-state index < -0.39 is 5.92 Å². The van der Waals surface area contributed by atoms with Crippen molar-refractivity contribution in [3.63, 3.8) is 0 Å². The molecule has 1 unspecified atom stereocenters. The van der Waals surface area contributed by atoms with E-state index in [-0.39, 0.29) is 23.9 Å². The molecule has 0 saturated carbocycles. The zero-order chi connectivity index (χ0) is 27.0. The molecule has 2 heterocycles. The van der Waals surface area contributed by atoms with E-state index in [2.05, 4.69) is 0 Å². The lowest BCUT2D eigenvalue weighted by Gasteiger charge is -2.26. The average Bonchev–Trinajstić information content (AvgIpc) is 3.26. The predicted molar refractivity (Wildman–Crippen MR) is 137 cm³/mol. The summed E-state index contributed by atoms with van der Waals surface area (Å²) in [5.74, 6) is 2.21. The van der Waals surface area contributed by atoms with Crippen molar-refractivity contribution in [1.82, 2.24) is 0 Å². The van der Waals surface area contributed by atoms with E-state index in [4.69, 9.17) is 33.2 Å². The Labute approximate surface area is 219 Å². The Morgan fingerprint density at radius 3 is 2.08 bits per heavy atom. The average molecular weight is 519 g/mol. The SMILES string of the molecule is COc1cc(OC)c(OC)cc1/C=C1\Oc2c(ccc3c2C(c2ccc(OC)c(OC)c2)CC(=O)O3)C1=O. The molecule has 0 bridgehead atoms. The number of ketones is 1. The topological polar surface area (TPSA) is 98.8 Å². The number of hydrogen-bond acceptors (Lipinski definition) is 9. The van der Waals surface area contributed by atoms with Crippen LogP contribution in [0.3, 0.4) is 0 Å². The summed E-state index contributed by atoms with van der Waals surface area (Å²) in [7, 11) is 7.67. The fraction of sp³-hybridized carbons (Fsp3) is 0.241. The normalized spacial score (nSPS) is 16.8. The van der Waals surface area contributed by atoms with Crippen LogP contribution in [0.5, 0.6) is 40.2 Å². The molecule has 196 valence electrons. The van der Waals surface area contributed by atoms with Gasteiger partial charge in [0.2, 0.25) is 5.78 Å². The number of hydrogen-bond donors (Lipinski definition) is 0. The molecule has 9 nitrogen and oxygen atoms in total. The molecule has 0 aliphatic carbocycles. The summed E-state index contributed by atoms with van der Waals surface area (Å²) in [5, 5.41) is 0. The summed E-state index contributed by atoms with van der Waals surface area (Å²) in [6.07, 6.45) is 1.66. The lowest BCUT2D eigenvalue weighted by Crippen LogP contribution is -2.21. The number of Topliss-reactive ketones (excluding diaryl/α,β-unsaturated/α-hetero) is 1. The maximum Gasteiger partial charge on any atom is 0.312 e. The molecule has 0 N–H and O–H groups in total. The zero-order valence-corrected chi connectivity index (χ0v) is 21.6. The van der Waals surface area contributed by atoms with Crippen LogP contribution in [-0.2, 0) is 4.79 Å². The highest BCUT2D eigenvalue weighted by Crippen LogP contribution is 2.50. The van der Waals surface area contributed by atoms with Gasteiger partial charge < -0.3 is 33.2 Å². The van der Waals surface area contributed by atoms with Crippen LogP contribution in [0.25, 0.3) is 6.08 Å². The smallest absolute Gasteiger partial charge is 0.312 e. The molecule has 38 heavy (non-hydrogen) atoms. The number of benzene rings is 3. The monoisotopic (exact) mass is 518 g/mol. The first kappa shape index (κ1) is 25.0. The third-order valence-corrected chi connectivity index (χ3v) is 6.61. The molecule has 3 aromatic rings. The van der Waals surface area contributed by atoms with Gasteiger partial charge in [-0.25, -0.2) is 0 Å². The van der Waals surface area contributed by atoms with Gasteiger partial charge in [-0.15, -0.1) is 0 Å². The second kappa shape index (κ2) is 10.0. The molecule has 1 atom stereocenters. The van der Waals surface area contributed by atoms with Crippen molar-refractivity contribution in [3.8, 4) is 40.2 Å². The van der Waals surface area contributed by atoms with Crippen LogP contribution in [0.15, 0.2) is 48.2 Å². The van der Waals surface area contributed by atoms with Gasteiger partial charge in [-0.2, -0.15) is 0 Å². The molecule has 3 aromatic carbocycles. The van der Waals surface area contributed by atoms with Gasteiger partial charge >= 0.3 is 5.97 Å². The van der Waals surface area contributed by atoms with E-state index in [9.17, 15) is 9.59 Å². The Morgan fingerprint density at radius 2 is 1.39 bits per heavy atom. The van der Waals surface area contributed by atoms with E-state index in [0.717, 1.165) is 5.56 Å². The van der Waals surface area contributed by atoms with Crippen molar-refractivity contribution in [2.24, 2.45) is 0 Å². The summed E-state index contributed by atoms with van der Waals surface area (Å²) < 4.78 is 38.8. The maximum atomic E-state index is 13.4. The highest BCUT2D eigenvalue weighted by atomic mass is 16.5. The summed E-state index contributed by atoms with van der Waals surface area (Å²) in [5.41, 5.74) is 2.35. The minimum atomic E-state index is -0.427. The Morgan fingerprint density at radius 1 is 0.737 bits per heavy atom. The molecule has 0 radical (unpaired) electrons. The van der Waals surface area contributed by atoms with Gasteiger partial charge in [0.1, 0.15) is 17.2 Å². The number of esters is 1. The van der Waals surface area contributed by atoms with E-state index in [1.807, 2.05) is 12.1 Å². The first-order chi connectivity index (χ1) is 18.4. The fourth-order valence-corrected chi connectivity index (χ4v) is 4.77. The Kier molecular flexibility index (Phi) is 6.59. The first-order valence-corrected chi connectivity index (χ1v) is 11.8. The molecule has 0 fully saturated rings. The minimum absolute atomic E-state index is 0.0685. The molecular weight excluding hydrogens is 492 g/mol. The van der Waals surface area contributed by atoms with E-state index in [1.54, 1.807) is 50.6 Å². The number of carbonyl (C=O) groups is 2. The molecule has 2 aliphatic rings. The van der Waals surface area contributed by atoms with Crippen molar-refractivity contribution < 1.29 is 42.7 Å². The molecule has 9 heteroatoms. The number of ether oxygens (including phenoxy) is 7.